The summed E-state index contributed by atoms with van der Waals surface area (Å²) in [6.45, 7) is 4.68. The molecule has 7 aromatic carbocycles. The molecule has 1 unspecified atom stereocenters. The first kappa shape index (κ1) is 28.4. The summed E-state index contributed by atoms with van der Waals surface area (Å²) >= 11 is 0. The van der Waals surface area contributed by atoms with Gasteiger partial charge in [-0.1, -0.05) is 123 Å². The molecule has 1 atom stereocenters. The van der Waals surface area contributed by atoms with Crippen LogP contribution in [0.5, 0.6) is 11.5 Å². The quantitative estimate of drug-likeness (QED) is 0.188. The fraction of sp³-hybridized carbons (Fsp3) is 0.149. The van der Waals surface area contributed by atoms with E-state index in [1.807, 2.05) is 0 Å². The monoisotopic (exact) mass is 632 g/mol. The lowest BCUT2D eigenvalue weighted by Gasteiger charge is -2.39. The maximum absolute atomic E-state index is 7.68. The van der Waals surface area contributed by atoms with E-state index in [1.54, 1.807) is 7.11 Å². The molecular weight excluding hydrogens is 597 g/mol. The Balaban J connectivity index is 1.27. The van der Waals surface area contributed by atoms with Crippen LogP contribution in [0.25, 0.3) is 61.0 Å². The van der Waals surface area contributed by atoms with Crippen molar-refractivity contribution in [1.29, 1.82) is 0 Å². The highest BCUT2D eigenvalue weighted by molar-refractivity contribution is 6.15. The predicted molar refractivity (Wildman–Crippen MR) is 203 cm³/mol. The van der Waals surface area contributed by atoms with Gasteiger partial charge in [0.15, 0.2) is 5.60 Å². The molecule has 10 rings (SSSR count). The lowest BCUT2D eigenvalue weighted by molar-refractivity contribution is 0.163. The van der Waals surface area contributed by atoms with Crippen LogP contribution in [0.2, 0.25) is 0 Å². The number of benzene rings is 7. The van der Waals surface area contributed by atoms with Crippen molar-refractivity contribution in [2.75, 3.05) is 7.11 Å². The van der Waals surface area contributed by atoms with Gasteiger partial charge < -0.3 is 9.47 Å². The van der Waals surface area contributed by atoms with Crippen LogP contribution in [0.1, 0.15) is 54.5 Å². The van der Waals surface area contributed by atoms with Crippen molar-refractivity contribution in [2.45, 2.75) is 37.7 Å². The molecular formula is C47H36O2. The number of hydrogen-bond acceptors (Lipinski definition) is 2. The number of fused-ring (bicyclic) bond motifs is 11. The van der Waals surface area contributed by atoms with Gasteiger partial charge in [-0.15, -0.1) is 0 Å². The normalized spacial score (nSPS) is 17.4. The SMILES string of the molecule is CCC1(CC)c2ccccc2-c2c1c1c(c3cc(OC)ccc23)OC(c2ccccc2)(c2ccc3c(c2)-c2cccc4cccc-3c24)C=C1. The highest BCUT2D eigenvalue weighted by Crippen LogP contribution is 2.61. The van der Waals surface area contributed by atoms with Gasteiger partial charge in [0.25, 0.3) is 0 Å². The van der Waals surface area contributed by atoms with Gasteiger partial charge in [0.2, 0.25) is 0 Å². The molecule has 0 saturated carbocycles. The maximum atomic E-state index is 7.68. The third-order valence-electron chi connectivity index (χ3n) is 11.8. The highest BCUT2D eigenvalue weighted by atomic mass is 16.5. The Morgan fingerprint density at radius 1 is 0.612 bits per heavy atom. The standard InChI is InChI=1S/C47H36O2/c1-4-46(5-2)41-20-10-9-17-37(41)43-36-24-22-32(48-3)28-40(36)45-38(44(43)46)25-26-47(49-45,30-15-7-6-8-16-30)31-21-23-33-34-18-11-13-29-14-12-19-35(42(29)34)39(33)27-31/h6-28H,4-5H2,1-3H3. The fourth-order valence-electron chi connectivity index (χ4n) is 9.45. The number of ether oxygens (including phenoxy) is 2. The predicted octanol–water partition coefficient (Wildman–Crippen LogP) is 12.1. The average Bonchev–Trinajstić information content (AvgIpc) is 3.66. The van der Waals surface area contributed by atoms with Gasteiger partial charge in [0.05, 0.1) is 7.11 Å². The van der Waals surface area contributed by atoms with Crippen LogP contribution >= 0.6 is 0 Å². The largest absolute Gasteiger partial charge is 0.497 e. The molecule has 0 bridgehead atoms. The molecule has 2 aliphatic carbocycles. The zero-order valence-corrected chi connectivity index (χ0v) is 28.0. The summed E-state index contributed by atoms with van der Waals surface area (Å²) in [5.41, 5.74) is 13.0. The van der Waals surface area contributed by atoms with E-state index >= 15 is 0 Å². The Morgan fingerprint density at radius 3 is 2.12 bits per heavy atom. The van der Waals surface area contributed by atoms with Gasteiger partial charge in [0, 0.05) is 27.5 Å². The average molecular weight is 633 g/mol. The first-order valence-electron chi connectivity index (χ1n) is 17.5. The van der Waals surface area contributed by atoms with Crippen molar-refractivity contribution in [3.63, 3.8) is 0 Å². The van der Waals surface area contributed by atoms with E-state index in [1.165, 1.54) is 66.2 Å². The van der Waals surface area contributed by atoms with Crippen LogP contribution in [-0.4, -0.2) is 7.11 Å². The van der Waals surface area contributed by atoms with Crippen molar-refractivity contribution in [2.24, 2.45) is 0 Å². The molecule has 0 saturated heterocycles. The fourth-order valence-corrected chi connectivity index (χ4v) is 9.45. The van der Waals surface area contributed by atoms with Crippen LogP contribution in [0.4, 0.5) is 0 Å². The zero-order chi connectivity index (χ0) is 32.9. The zero-order valence-electron chi connectivity index (χ0n) is 28.0. The van der Waals surface area contributed by atoms with E-state index in [9.17, 15) is 0 Å². The van der Waals surface area contributed by atoms with Gasteiger partial charge in [-0.05, 0) is 104 Å². The third kappa shape index (κ3) is 3.61. The molecule has 0 N–H and O–H groups in total. The van der Waals surface area contributed by atoms with Crippen LogP contribution in [-0.2, 0) is 11.0 Å². The van der Waals surface area contributed by atoms with Gasteiger partial charge in [-0.25, -0.2) is 0 Å². The molecule has 7 aromatic rings. The van der Waals surface area contributed by atoms with Crippen molar-refractivity contribution in [1.82, 2.24) is 0 Å². The van der Waals surface area contributed by atoms with E-state index < -0.39 is 5.60 Å². The Labute approximate surface area is 287 Å². The van der Waals surface area contributed by atoms with E-state index in [-0.39, 0.29) is 5.41 Å². The molecule has 0 radical (unpaired) electrons. The molecule has 2 heteroatoms. The van der Waals surface area contributed by atoms with Gasteiger partial charge in [0.1, 0.15) is 11.5 Å². The van der Waals surface area contributed by atoms with E-state index in [0.29, 0.717) is 0 Å². The molecule has 2 nitrogen and oxygen atoms in total. The van der Waals surface area contributed by atoms with Crippen LogP contribution in [0.15, 0.2) is 133 Å². The van der Waals surface area contributed by atoms with E-state index in [4.69, 9.17) is 9.47 Å². The molecule has 0 aromatic heterocycles. The minimum absolute atomic E-state index is 0.109. The van der Waals surface area contributed by atoms with Crippen molar-refractivity contribution >= 4 is 27.6 Å². The lowest BCUT2D eigenvalue weighted by atomic mass is 9.71. The second-order valence-electron chi connectivity index (χ2n) is 13.7. The molecule has 1 heterocycles. The first-order chi connectivity index (χ1) is 24.1. The molecule has 3 aliphatic rings. The molecule has 236 valence electrons. The molecule has 1 aliphatic heterocycles. The number of rotatable bonds is 5. The smallest absolute Gasteiger partial charge is 0.178 e. The minimum Gasteiger partial charge on any atom is -0.497 e. The summed E-state index contributed by atoms with van der Waals surface area (Å²) in [7, 11) is 1.74. The first-order valence-corrected chi connectivity index (χ1v) is 17.5. The second-order valence-corrected chi connectivity index (χ2v) is 13.7. The van der Waals surface area contributed by atoms with Crippen molar-refractivity contribution in [3.8, 4) is 44.9 Å². The van der Waals surface area contributed by atoms with E-state index in [0.717, 1.165) is 40.9 Å². The topological polar surface area (TPSA) is 18.5 Å². The Morgan fingerprint density at radius 2 is 1.35 bits per heavy atom. The summed E-state index contributed by atoms with van der Waals surface area (Å²) in [5, 5.41) is 4.90. The lowest BCUT2D eigenvalue weighted by Crippen LogP contribution is -2.35. The number of methoxy groups -OCH3 is 1. The molecule has 0 fully saturated rings. The molecule has 49 heavy (non-hydrogen) atoms. The van der Waals surface area contributed by atoms with Crippen LogP contribution in [0, 0.1) is 0 Å². The third-order valence-corrected chi connectivity index (χ3v) is 11.8. The summed E-state index contributed by atoms with van der Waals surface area (Å²) in [6.07, 6.45) is 6.71. The summed E-state index contributed by atoms with van der Waals surface area (Å²) in [4.78, 5) is 0. The number of hydrogen-bond donors (Lipinski definition) is 0. The Hall–Kier alpha value is -5.60. The molecule has 0 spiro atoms. The van der Waals surface area contributed by atoms with E-state index in [2.05, 4.69) is 153 Å². The highest BCUT2D eigenvalue weighted by Gasteiger charge is 2.47. The summed E-state index contributed by atoms with van der Waals surface area (Å²) < 4.78 is 13.5. The minimum atomic E-state index is -0.844. The Bertz CT molecular complexity index is 2530. The van der Waals surface area contributed by atoms with Crippen LogP contribution < -0.4 is 9.47 Å². The summed E-state index contributed by atoms with van der Waals surface area (Å²) in [6, 6.07) is 46.5. The molecule has 0 amide bonds. The maximum Gasteiger partial charge on any atom is 0.178 e. The Kier molecular flexibility index (Phi) is 5.92. The van der Waals surface area contributed by atoms with Crippen molar-refractivity contribution < 1.29 is 9.47 Å². The van der Waals surface area contributed by atoms with Crippen molar-refractivity contribution in [3.05, 3.63) is 161 Å². The second kappa shape index (κ2) is 10.2. The summed E-state index contributed by atoms with van der Waals surface area (Å²) in [5.74, 6) is 1.74. The van der Waals surface area contributed by atoms with Gasteiger partial charge in [-0.2, -0.15) is 0 Å². The van der Waals surface area contributed by atoms with Gasteiger partial charge >= 0.3 is 0 Å². The van der Waals surface area contributed by atoms with Gasteiger partial charge in [-0.3, -0.25) is 0 Å². The van der Waals surface area contributed by atoms with Crippen LogP contribution in [0.3, 0.4) is 0 Å².